The fourth-order valence-corrected chi connectivity index (χ4v) is 3.18. The Labute approximate surface area is 172 Å². The van der Waals surface area contributed by atoms with Gasteiger partial charge in [0.15, 0.2) is 11.5 Å². The second-order valence-corrected chi connectivity index (χ2v) is 6.82. The van der Waals surface area contributed by atoms with Crippen LogP contribution in [0.4, 0.5) is 17.5 Å². The second-order valence-electron chi connectivity index (χ2n) is 6.82. The number of ether oxygens (including phenoxy) is 2. The van der Waals surface area contributed by atoms with Gasteiger partial charge >= 0.3 is 0 Å². The summed E-state index contributed by atoms with van der Waals surface area (Å²) in [5.41, 5.74) is 4.28. The van der Waals surface area contributed by atoms with Gasteiger partial charge in [0.2, 0.25) is 5.95 Å². The predicted molar refractivity (Wildman–Crippen MR) is 118 cm³/mol. The molecular formula is C23H28N4O2. The lowest BCUT2D eigenvalue weighted by Gasteiger charge is -2.22. The van der Waals surface area contributed by atoms with Crippen LogP contribution < -0.4 is 19.7 Å². The first-order valence-corrected chi connectivity index (χ1v) is 9.68. The normalized spacial score (nSPS) is 10.5. The van der Waals surface area contributed by atoms with Crippen molar-refractivity contribution in [3.8, 4) is 11.5 Å². The van der Waals surface area contributed by atoms with Crippen LogP contribution in [-0.4, -0.2) is 30.7 Å². The summed E-state index contributed by atoms with van der Waals surface area (Å²) in [7, 11) is 3.27. The standard InChI is InChI=1S/C23H28N4O2/c1-6-27(19-9-7-8-16(2)12-19)23-25-17(3)13-22(26-23)24-15-18-10-11-20(28-4)21(14-18)29-5/h7-14H,6,15H2,1-5H3,(H,24,25,26). The number of anilines is 3. The van der Waals surface area contributed by atoms with Crippen LogP contribution in [0.3, 0.4) is 0 Å². The Morgan fingerprint density at radius 2 is 1.72 bits per heavy atom. The number of methoxy groups -OCH3 is 2. The molecule has 3 aromatic rings. The molecule has 3 rings (SSSR count). The van der Waals surface area contributed by atoms with Crippen molar-refractivity contribution in [1.29, 1.82) is 0 Å². The zero-order valence-corrected chi connectivity index (χ0v) is 17.7. The molecule has 1 N–H and O–H groups in total. The average Bonchev–Trinajstić information content (AvgIpc) is 2.72. The maximum absolute atomic E-state index is 5.39. The topological polar surface area (TPSA) is 59.5 Å². The summed E-state index contributed by atoms with van der Waals surface area (Å²) in [6, 6.07) is 16.2. The van der Waals surface area contributed by atoms with Gasteiger partial charge in [-0.05, 0) is 56.2 Å². The molecular weight excluding hydrogens is 364 g/mol. The van der Waals surface area contributed by atoms with E-state index in [0.717, 1.165) is 29.3 Å². The number of hydrogen-bond donors (Lipinski definition) is 1. The van der Waals surface area contributed by atoms with E-state index in [2.05, 4.69) is 53.3 Å². The van der Waals surface area contributed by atoms with Crippen LogP contribution in [0.2, 0.25) is 0 Å². The number of rotatable bonds is 8. The van der Waals surface area contributed by atoms with Gasteiger partial charge in [0, 0.05) is 30.5 Å². The van der Waals surface area contributed by atoms with Crippen LogP contribution in [-0.2, 0) is 6.54 Å². The Kier molecular flexibility index (Phi) is 6.54. The number of nitrogens with one attached hydrogen (secondary N) is 1. The Morgan fingerprint density at radius 3 is 2.41 bits per heavy atom. The van der Waals surface area contributed by atoms with Gasteiger partial charge in [-0.2, -0.15) is 4.98 Å². The molecule has 0 atom stereocenters. The summed E-state index contributed by atoms with van der Waals surface area (Å²) in [5, 5.41) is 3.40. The number of nitrogens with zero attached hydrogens (tertiary/aromatic N) is 3. The summed E-state index contributed by atoms with van der Waals surface area (Å²) in [6.07, 6.45) is 0. The van der Waals surface area contributed by atoms with E-state index in [0.29, 0.717) is 24.0 Å². The monoisotopic (exact) mass is 392 g/mol. The summed E-state index contributed by atoms with van der Waals surface area (Å²) >= 11 is 0. The third kappa shape index (κ3) is 4.96. The molecule has 1 aromatic heterocycles. The van der Waals surface area contributed by atoms with Gasteiger partial charge < -0.3 is 19.7 Å². The first-order chi connectivity index (χ1) is 14.0. The van der Waals surface area contributed by atoms with E-state index in [1.54, 1.807) is 14.2 Å². The minimum Gasteiger partial charge on any atom is -0.493 e. The molecule has 0 aliphatic rings. The summed E-state index contributed by atoms with van der Waals surface area (Å²) in [5.74, 6) is 2.90. The van der Waals surface area contributed by atoms with Crippen LogP contribution >= 0.6 is 0 Å². The number of aryl methyl sites for hydroxylation is 2. The van der Waals surface area contributed by atoms with Crippen molar-refractivity contribution in [2.24, 2.45) is 0 Å². The summed E-state index contributed by atoms with van der Waals surface area (Å²) in [4.78, 5) is 11.5. The molecule has 0 radical (unpaired) electrons. The molecule has 0 fully saturated rings. The van der Waals surface area contributed by atoms with Gasteiger partial charge in [-0.3, -0.25) is 0 Å². The Hall–Kier alpha value is -3.28. The lowest BCUT2D eigenvalue weighted by molar-refractivity contribution is 0.354. The Morgan fingerprint density at radius 1 is 0.931 bits per heavy atom. The molecule has 0 saturated heterocycles. The van der Waals surface area contributed by atoms with Gasteiger partial charge in [-0.15, -0.1) is 0 Å². The highest BCUT2D eigenvalue weighted by molar-refractivity contribution is 5.59. The van der Waals surface area contributed by atoms with Crippen molar-refractivity contribution in [2.75, 3.05) is 31.0 Å². The van der Waals surface area contributed by atoms with E-state index in [9.17, 15) is 0 Å². The van der Waals surface area contributed by atoms with Crippen molar-refractivity contribution < 1.29 is 9.47 Å². The van der Waals surface area contributed by atoms with Crippen molar-refractivity contribution in [2.45, 2.75) is 27.3 Å². The molecule has 6 heteroatoms. The molecule has 1 heterocycles. The minimum absolute atomic E-state index is 0.618. The van der Waals surface area contributed by atoms with E-state index < -0.39 is 0 Å². The van der Waals surface area contributed by atoms with Crippen LogP contribution in [0.25, 0.3) is 0 Å². The summed E-state index contributed by atoms with van der Waals surface area (Å²) in [6.45, 7) is 7.57. The first-order valence-electron chi connectivity index (χ1n) is 9.68. The number of benzene rings is 2. The molecule has 0 spiro atoms. The highest BCUT2D eigenvalue weighted by Crippen LogP contribution is 2.28. The molecule has 0 saturated carbocycles. The predicted octanol–water partition coefficient (Wildman–Crippen LogP) is 4.88. The average molecular weight is 393 g/mol. The fraction of sp³-hybridized carbons (Fsp3) is 0.304. The molecule has 29 heavy (non-hydrogen) atoms. The Bertz CT molecular complexity index is 975. The van der Waals surface area contributed by atoms with Crippen molar-refractivity contribution in [1.82, 2.24) is 9.97 Å². The van der Waals surface area contributed by atoms with Crippen molar-refractivity contribution >= 4 is 17.5 Å². The lowest BCUT2D eigenvalue weighted by Crippen LogP contribution is -2.20. The van der Waals surface area contributed by atoms with E-state index in [1.165, 1.54) is 5.56 Å². The third-order valence-corrected chi connectivity index (χ3v) is 4.63. The highest BCUT2D eigenvalue weighted by Gasteiger charge is 2.13. The van der Waals surface area contributed by atoms with Crippen LogP contribution in [0, 0.1) is 13.8 Å². The summed E-state index contributed by atoms with van der Waals surface area (Å²) < 4.78 is 10.7. The molecule has 0 amide bonds. The first kappa shape index (κ1) is 20.5. The quantitative estimate of drug-likeness (QED) is 0.589. The molecule has 2 aromatic carbocycles. The zero-order chi connectivity index (χ0) is 20.8. The molecule has 0 aliphatic heterocycles. The largest absolute Gasteiger partial charge is 0.493 e. The molecule has 6 nitrogen and oxygen atoms in total. The van der Waals surface area contributed by atoms with Crippen LogP contribution in [0.15, 0.2) is 48.5 Å². The Balaban J connectivity index is 1.82. The lowest BCUT2D eigenvalue weighted by atomic mass is 10.2. The van der Waals surface area contributed by atoms with Crippen LogP contribution in [0.5, 0.6) is 11.5 Å². The fourth-order valence-electron chi connectivity index (χ4n) is 3.18. The minimum atomic E-state index is 0.618. The number of aromatic nitrogens is 2. The van der Waals surface area contributed by atoms with Gasteiger partial charge in [0.05, 0.1) is 14.2 Å². The second kappa shape index (κ2) is 9.28. The van der Waals surface area contributed by atoms with Crippen molar-refractivity contribution in [3.05, 3.63) is 65.4 Å². The van der Waals surface area contributed by atoms with Crippen LogP contribution in [0.1, 0.15) is 23.7 Å². The maximum Gasteiger partial charge on any atom is 0.232 e. The SMILES string of the molecule is CCN(c1cccc(C)c1)c1nc(C)cc(NCc2ccc(OC)c(OC)c2)n1. The molecule has 0 unspecified atom stereocenters. The van der Waals surface area contributed by atoms with E-state index in [4.69, 9.17) is 14.5 Å². The van der Waals surface area contributed by atoms with Crippen molar-refractivity contribution in [3.63, 3.8) is 0 Å². The van der Waals surface area contributed by atoms with Gasteiger partial charge in [0.1, 0.15) is 5.82 Å². The smallest absolute Gasteiger partial charge is 0.232 e. The van der Waals surface area contributed by atoms with E-state index in [1.807, 2.05) is 31.2 Å². The molecule has 152 valence electrons. The highest BCUT2D eigenvalue weighted by atomic mass is 16.5. The molecule has 0 bridgehead atoms. The van der Waals surface area contributed by atoms with Gasteiger partial charge in [0.25, 0.3) is 0 Å². The number of hydrogen-bond acceptors (Lipinski definition) is 6. The van der Waals surface area contributed by atoms with E-state index >= 15 is 0 Å². The third-order valence-electron chi connectivity index (χ3n) is 4.63. The van der Waals surface area contributed by atoms with E-state index in [-0.39, 0.29) is 0 Å². The zero-order valence-electron chi connectivity index (χ0n) is 17.7. The van der Waals surface area contributed by atoms with Gasteiger partial charge in [-0.1, -0.05) is 18.2 Å². The van der Waals surface area contributed by atoms with Gasteiger partial charge in [-0.25, -0.2) is 4.98 Å². The molecule has 0 aliphatic carbocycles. The maximum atomic E-state index is 5.39.